The fourth-order valence-corrected chi connectivity index (χ4v) is 2.67. The minimum Gasteiger partial charge on any atom is -0.478 e. The lowest BCUT2D eigenvalue weighted by molar-refractivity contribution is 0.0692. The summed E-state index contributed by atoms with van der Waals surface area (Å²) in [6, 6.07) is 3.22. The number of pyridine rings is 1. The number of carboxylic acid groups (broad SMARTS) is 1. The zero-order chi connectivity index (χ0) is 11.4. The van der Waals surface area contributed by atoms with E-state index in [4.69, 9.17) is 9.84 Å². The molecule has 86 valence electrons. The van der Waals surface area contributed by atoms with Gasteiger partial charge in [-0.3, -0.25) is 0 Å². The number of hydrogen-bond acceptors (Lipinski definition) is 4. The number of carboxylic acids is 1. The molecule has 2 rings (SSSR count). The van der Waals surface area contributed by atoms with Gasteiger partial charge in [-0.15, -0.1) is 11.8 Å². The van der Waals surface area contributed by atoms with E-state index in [1.165, 1.54) is 11.8 Å². The first-order valence-corrected chi connectivity index (χ1v) is 6.18. The number of ether oxygens (including phenoxy) is 1. The van der Waals surface area contributed by atoms with Gasteiger partial charge < -0.3 is 9.84 Å². The van der Waals surface area contributed by atoms with Crippen molar-refractivity contribution in [2.75, 3.05) is 12.4 Å². The molecule has 0 aliphatic carbocycles. The van der Waals surface area contributed by atoms with Crippen molar-refractivity contribution in [2.24, 2.45) is 0 Å². The van der Waals surface area contributed by atoms with Crippen LogP contribution in [0.4, 0.5) is 0 Å². The van der Waals surface area contributed by atoms with Gasteiger partial charge in [-0.1, -0.05) is 0 Å². The highest BCUT2D eigenvalue weighted by atomic mass is 32.2. The second-order valence-corrected chi connectivity index (χ2v) is 4.62. The average molecular weight is 239 g/mol. The molecule has 1 aliphatic heterocycles. The lowest BCUT2D eigenvalue weighted by Crippen LogP contribution is -2.09. The highest BCUT2D eigenvalue weighted by Crippen LogP contribution is 2.24. The van der Waals surface area contributed by atoms with E-state index in [2.05, 4.69) is 4.98 Å². The maximum absolute atomic E-state index is 10.9. The van der Waals surface area contributed by atoms with Gasteiger partial charge in [0.2, 0.25) is 0 Å². The molecule has 0 radical (unpaired) electrons. The van der Waals surface area contributed by atoms with E-state index in [1.807, 2.05) is 0 Å². The Bertz CT molecular complexity index is 377. The molecule has 16 heavy (non-hydrogen) atoms. The lowest BCUT2D eigenvalue weighted by atomic mass is 10.3. The Labute approximate surface area is 98.0 Å². The van der Waals surface area contributed by atoms with Crippen molar-refractivity contribution >= 4 is 17.7 Å². The topological polar surface area (TPSA) is 59.4 Å². The van der Waals surface area contributed by atoms with Crippen LogP contribution in [0.15, 0.2) is 23.4 Å². The number of rotatable bonds is 4. The maximum Gasteiger partial charge on any atom is 0.338 e. The summed E-state index contributed by atoms with van der Waals surface area (Å²) < 4.78 is 5.48. The predicted molar refractivity (Wildman–Crippen MR) is 60.9 cm³/mol. The third-order valence-electron chi connectivity index (χ3n) is 2.43. The molecule has 1 aromatic rings. The van der Waals surface area contributed by atoms with Gasteiger partial charge in [0.25, 0.3) is 0 Å². The largest absolute Gasteiger partial charge is 0.478 e. The summed E-state index contributed by atoms with van der Waals surface area (Å²) in [6.45, 7) is 0.819. The molecule has 5 heteroatoms. The predicted octanol–water partition coefficient (Wildman–Crippen LogP) is 2.05. The number of carbonyl (C=O) groups is 1. The molecule has 4 nitrogen and oxygen atoms in total. The first-order chi connectivity index (χ1) is 7.77. The summed E-state index contributed by atoms with van der Waals surface area (Å²) in [4.78, 5) is 15.0. The quantitative estimate of drug-likeness (QED) is 0.815. The van der Waals surface area contributed by atoms with Crippen LogP contribution in [0.3, 0.4) is 0 Å². The van der Waals surface area contributed by atoms with Crippen LogP contribution in [0.5, 0.6) is 0 Å². The van der Waals surface area contributed by atoms with Gasteiger partial charge in [-0.2, -0.15) is 0 Å². The Balaban J connectivity index is 2.00. The first-order valence-electron chi connectivity index (χ1n) is 5.20. The van der Waals surface area contributed by atoms with E-state index in [1.54, 1.807) is 18.3 Å². The van der Waals surface area contributed by atoms with Crippen molar-refractivity contribution in [1.29, 1.82) is 0 Å². The number of thioether (sulfide) groups is 1. The molecule has 0 spiro atoms. The number of aromatic carboxylic acids is 1. The van der Waals surface area contributed by atoms with E-state index < -0.39 is 5.97 Å². The molecule has 0 aromatic carbocycles. The Morgan fingerprint density at radius 2 is 2.56 bits per heavy atom. The molecule has 0 amide bonds. The minimum atomic E-state index is -0.928. The van der Waals surface area contributed by atoms with Gasteiger partial charge >= 0.3 is 5.97 Å². The van der Waals surface area contributed by atoms with Crippen LogP contribution in [0.1, 0.15) is 23.2 Å². The highest BCUT2D eigenvalue weighted by molar-refractivity contribution is 7.99. The molecule has 0 bridgehead atoms. The summed E-state index contributed by atoms with van der Waals surface area (Å²) >= 11 is 1.46. The number of nitrogens with zero attached hydrogens (tertiary/aromatic N) is 1. The zero-order valence-corrected chi connectivity index (χ0v) is 9.57. The Morgan fingerprint density at radius 3 is 3.25 bits per heavy atom. The maximum atomic E-state index is 10.9. The van der Waals surface area contributed by atoms with Crippen LogP contribution in [-0.4, -0.2) is 34.5 Å². The molecular formula is C11H13NO3S. The molecule has 1 aliphatic rings. The van der Waals surface area contributed by atoms with Crippen molar-refractivity contribution < 1.29 is 14.6 Å². The monoisotopic (exact) mass is 239 g/mol. The number of aromatic nitrogens is 1. The highest BCUT2D eigenvalue weighted by Gasteiger charge is 2.18. The normalized spacial score (nSPS) is 19.9. The minimum absolute atomic E-state index is 0.244. The molecule has 1 aromatic heterocycles. The van der Waals surface area contributed by atoms with Crippen molar-refractivity contribution in [3.8, 4) is 0 Å². The molecule has 2 heterocycles. The standard InChI is InChI=1S/C11H13NO3S/c13-11(14)9-4-1-5-12-10(9)16-7-8-3-2-6-15-8/h1,4-5,8H,2-3,6-7H2,(H,13,14)/t8-/m1/s1. The van der Waals surface area contributed by atoms with Gasteiger partial charge in [0.05, 0.1) is 11.7 Å². The van der Waals surface area contributed by atoms with Crippen molar-refractivity contribution in [3.63, 3.8) is 0 Å². The van der Waals surface area contributed by atoms with Gasteiger partial charge in [0.15, 0.2) is 0 Å². The van der Waals surface area contributed by atoms with Crippen LogP contribution < -0.4 is 0 Å². The van der Waals surface area contributed by atoms with Crippen molar-refractivity contribution in [2.45, 2.75) is 24.0 Å². The van der Waals surface area contributed by atoms with Crippen LogP contribution in [0, 0.1) is 0 Å². The second kappa shape index (κ2) is 5.32. The molecule has 1 fully saturated rings. The van der Waals surface area contributed by atoms with Crippen LogP contribution in [-0.2, 0) is 4.74 Å². The van der Waals surface area contributed by atoms with Crippen LogP contribution in [0.25, 0.3) is 0 Å². The van der Waals surface area contributed by atoms with Gasteiger partial charge in [0.1, 0.15) is 5.03 Å². The van der Waals surface area contributed by atoms with Gasteiger partial charge in [0, 0.05) is 18.6 Å². The average Bonchev–Trinajstić information content (AvgIpc) is 2.79. The SMILES string of the molecule is O=C(O)c1cccnc1SC[C@H]1CCCO1. The smallest absolute Gasteiger partial charge is 0.338 e. The van der Waals surface area contributed by atoms with E-state index in [0.717, 1.165) is 25.2 Å². The molecule has 1 N–H and O–H groups in total. The van der Waals surface area contributed by atoms with Crippen molar-refractivity contribution in [3.05, 3.63) is 23.9 Å². The zero-order valence-electron chi connectivity index (χ0n) is 8.76. The third kappa shape index (κ3) is 2.74. The van der Waals surface area contributed by atoms with E-state index in [-0.39, 0.29) is 11.7 Å². The van der Waals surface area contributed by atoms with E-state index in [0.29, 0.717) is 5.03 Å². The summed E-state index contributed by atoms with van der Waals surface area (Å²) in [5.41, 5.74) is 0.269. The molecule has 0 unspecified atom stereocenters. The van der Waals surface area contributed by atoms with Gasteiger partial charge in [-0.05, 0) is 25.0 Å². The molecule has 0 saturated carbocycles. The number of hydrogen-bond donors (Lipinski definition) is 1. The molecule has 1 saturated heterocycles. The lowest BCUT2D eigenvalue weighted by Gasteiger charge is -2.09. The fraction of sp³-hybridized carbons (Fsp3) is 0.455. The second-order valence-electron chi connectivity index (χ2n) is 3.61. The summed E-state index contributed by atoms with van der Waals surface area (Å²) in [7, 11) is 0. The van der Waals surface area contributed by atoms with Crippen LogP contribution >= 0.6 is 11.8 Å². The summed E-state index contributed by atoms with van der Waals surface area (Å²) in [5.74, 6) is -0.153. The van der Waals surface area contributed by atoms with Crippen LogP contribution in [0.2, 0.25) is 0 Å². The summed E-state index contributed by atoms with van der Waals surface area (Å²) in [6.07, 6.45) is 4.01. The third-order valence-corrected chi connectivity index (χ3v) is 3.57. The first kappa shape index (κ1) is 11.4. The van der Waals surface area contributed by atoms with Gasteiger partial charge in [-0.25, -0.2) is 9.78 Å². The van der Waals surface area contributed by atoms with E-state index in [9.17, 15) is 4.79 Å². The summed E-state index contributed by atoms with van der Waals surface area (Å²) in [5, 5.41) is 9.55. The fourth-order valence-electron chi connectivity index (χ4n) is 1.62. The van der Waals surface area contributed by atoms with Crippen molar-refractivity contribution in [1.82, 2.24) is 4.98 Å². The van der Waals surface area contributed by atoms with E-state index >= 15 is 0 Å². The Kier molecular flexibility index (Phi) is 3.79. The Morgan fingerprint density at radius 1 is 1.69 bits per heavy atom. The Hall–Kier alpha value is -1.07. The molecular weight excluding hydrogens is 226 g/mol. The molecule has 1 atom stereocenters.